The Kier molecular flexibility index (Phi) is 4.01. The number of benzene rings is 3. The Bertz CT molecular complexity index is 1050. The molecule has 0 aliphatic heterocycles. The molecule has 26 heavy (non-hydrogen) atoms. The van der Waals surface area contributed by atoms with Crippen LogP contribution in [0.2, 0.25) is 0 Å². The van der Waals surface area contributed by atoms with Crippen molar-refractivity contribution >= 4 is 22.3 Å². The van der Waals surface area contributed by atoms with Crippen LogP contribution in [-0.4, -0.2) is 18.7 Å². The molecule has 0 N–H and O–H groups in total. The van der Waals surface area contributed by atoms with Crippen molar-refractivity contribution in [2.45, 2.75) is 6.61 Å². The lowest BCUT2D eigenvalue weighted by molar-refractivity contribution is 0.0995. The summed E-state index contributed by atoms with van der Waals surface area (Å²) < 4.78 is 11.5. The van der Waals surface area contributed by atoms with E-state index in [0.29, 0.717) is 34.6 Å². The first-order valence-corrected chi connectivity index (χ1v) is 8.26. The number of carbonyl (C=O) groups is 2. The van der Waals surface area contributed by atoms with Crippen LogP contribution in [0.1, 0.15) is 26.3 Å². The van der Waals surface area contributed by atoms with Gasteiger partial charge in [0.05, 0.1) is 7.11 Å². The van der Waals surface area contributed by atoms with Crippen LogP contribution in [0.3, 0.4) is 0 Å². The molecular formula is C22H16O4. The molecule has 0 heterocycles. The maximum Gasteiger partial charge on any atom is 0.187 e. The van der Waals surface area contributed by atoms with E-state index in [1.165, 1.54) is 12.2 Å². The number of fused-ring (bicyclic) bond motifs is 3. The van der Waals surface area contributed by atoms with Crippen molar-refractivity contribution in [1.82, 2.24) is 0 Å². The van der Waals surface area contributed by atoms with Gasteiger partial charge >= 0.3 is 0 Å². The van der Waals surface area contributed by atoms with Crippen molar-refractivity contribution in [3.63, 3.8) is 0 Å². The maximum atomic E-state index is 12.4. The molecule has 0 saturated heterocycles. The van der Waals surface area contributed by atoms with E-state index >= 15 is 0 Å². The van der Waals surface area contributed by atoms with E-state index in [-0.39, 0.29) is 11.6 Å². The molecule has 0 spiro atoms. The van der Waals surface area contributed by atoms with Crippen molar-refractivity contribution < 1.29 is 19.1 Å². The average molecular weight is 344 g/mol. The number of allylic oxidation sites excluding steroid dienone is 2. The van der Waals surface area contributed by atoms with Gasteiger partial charge in [0.2, 0.25) is 0 Å². The first-order chi connectivity index (χ1) is 12.7. The van der Waals surface area contributed by atoms with Gasteiger partial charge in [-0.1, -0.05) is 30.3 Å². The second-order valence-corrected chi connectivity index (χ2v) is 6.02. The van der Waals surface area contributed by atoms with Crippen molar-refractivity contribution in [3.8, 4) is 11.5 Å². The summed E-state index contributed by atoms with van der Waals surface area (Å²) in [5, 5.41) is 1.43. The third-order valence-electron chi connectivity index (χ3n) is 4.46. The molecule has 1 aliphatic carbocycles. The molecule has 0 bridgehead atoms. The Morgan fingerprint density at radius 3 is 2.31 bits per heavy atom. The van der Waals surface area contributed by atoms with E-state index in [2.05, 4.69) is 0 Å². The smallest absolute Gasteiger partial charge is 0.187 e. The van der Waals surface area contributed by atoms with Crippen LogP contribution in [0.4, 0.5) is 0 Å². The minimum atomic E-state index is -0.177. The van der Waals surface area contributed by atoms with Crippen LogP contribution in [0.5, 0.6) is 11.5 Å². The maximum absolute atomic E-state index is 12.4. The highest BCUT2D eigenvalue weighted by Gasteiger charge is 2.23. The van der Waals surface area contributed by atoms with Crippen LogP contribution in [0.25, 0.3) is 10.8 Å². The normalized spacial score (nSPS) is 13.0. The highest BCUT2D eigenvalue weighted by atomic mass is 16.5. The Morgan fingerprint density at radius 2 is 1.54 bits per heavy atom. The summed E-state index contributed by atoms with van der Waals surface area (Å²) >= 11 is 0. The molecule has 3 aromatic rings. The summed E-state index contributed by atoms with van der Waals surface area (Å²) in [5.41, 5.74) is 1.87. The lowest BCUT2D eigenvalue weighted by Gasteiger charge is -2.17. The first-order valence-electron chi connectivity index (χ1n) is 8.26. The van der Waals surface area contributed by atoms with Gasteiger partial charge in [0.1, 0.15) is 6.61 Å². The number of rotatable bonds is 4. The zero-order valence-corrected chi connectivity index (χ0v) is 14.2. The molecule has 0 unspecified atom stereocenters. The van der Waals surface area contributed by atoms with Crippen molar-refractivity contribution in [2.75, 3.05) is 7.11 Å². The van der Waals surface area contributed by atoms with Gasteiger partial charge in [0.25, 0.3) is 0 Å². The second-order valence-electron chi connectivity index (χ2n) is 6.02. The molecule has 4 heteroatoms. The number of methoxy groups -OCH3 is 1. The molecule has 4 rings (SSSR count). The monoisotopic (exact) mass is 344 g/mol. The Hall–Kier alpha value is -3.40. The fourth-order valence-corrected chi connectivity index (χ4v) is 3.19. The van der Waals surface area contributed by atoms with Gasteiger partial charge < -0.3 is 9.47 Å². The van der Waals surface area contributed by atoms with E-state index in [1.807, 2.05) is 30.3 Å². The van der Waals surface area contributed by atoms with E-state index in [4.69, 9.17) is 9.47 Å². The lowest BCUT2D eigenvalue weighted by atomic mass is 9.89. The SMILES string of the molecule is COc1ccc2c3c(ccc2c1OCc1ccccc1)C(=O)C=CC3=O. The van der Waals surface area contributed by atoms with Crippen LogP contribution in [0, 0.1) is 0 Å². The predicted octanol–water partition coefficient (Wildman–Crippen LogP) is 4.36. The minimum Gasteiger partial charge on any atom is -0.493 e. The fourth-order valence-electron chi connectivity index (χ4n) is 3.19. The van der Waals surface area contributed by atoms with Crippen molar-refractivity contribution in [1.29, 1.82) is 0 Å². The third-order valence-corrected chi connectivity index (χ3v) is 4.46. The topological polar surface area (TPSA) is 52.6 Å². The molecular weight excluding hydrogens is 328 g/mol. The van der Waals surface area contributed by atoms with Gasteiger partial charge in [-0.05, 0) is 47.4 Å². The molecule has 3 aromatic carbocycles. The number of hydrogen-bond acceptors (Lipinski definition) is 4. The highest BCUT2D eigenvalue weighted by Crippen LogP contribution is 2.39. The van der Waals surface area contributed by atoms with Gasteiger partial charge in [-0.15, -0.1) is 0 Å². The number of hydrogen-bond donors (Lipinski definition) is 0. The Morgan fingerprint density at radius 1 is 0.808 bits per heavy atom. The lowest BCUT2D eigenvalue weighted by Crippen LogP contribution is -2.12. The van der Waals surface area contributed by atoms with Gasteiger partial charge in [-0.2, -0.15) is 0 Å². The Labute approximate surface area is 150 Å². The molecule has 1 aliphatic rings. The van der Waals surface area contributed by atoms with Crippen LogP contribution < -0.4 is 9.47 Å². The summed E-state index contributed by atoms with van der Waals surface area (Å²) in [7, 11) is 1.58. The standard InChI is InChI=1S/C22H16O4/c1-25-20-12-9-15-16(22(20)26-13-14-5-3-2-4-6-14)7-8-17-18(23)10-11-19(24)21(15)17/h2-12H,13H2,1H3. The first kappa shape index (κ1) is 16.1. The zero-order valence-electron chi connectivity index (χ0n) is 14.2. The van der Waals surface area contributed by atoms with Gasteiger partial charge in [0.15, 0.2) is 23.1 Å². The summed E-state index contributed by atoms with van der Waals surface area (Å²) in [6.45, 7) is 0.375. The van der Waals surface area contributed by atoms with Crippen LogP contribution in [-0.2, 0) is 6.61 Å². The molecule has 0 fully saturated rings. The van der Waals surface area contributed by atoms with Gasteiger partial charge in [0, 0.05) is 16.5 Å². The second kappa shape index (κ2) is 6.48. The fraction of sp³-hybridized carbons (Fsp3) is 0.0909. The van der Waals surface area contributed by atoms with Crippen molar-refractivity contribution in [2.24, 2.45) is 0 Å². The zero-order chi connectivity index (χ0) is 18.1. The number of carbonyl (C=O) groups excluding carboxylic acids is 2. The molecule has 4 nitrogen and oxygen atoms in total. The molecule has 128 valence electrons. The van der Waals surface area contributed by atoms with Gasteiger partial charge in [-0.25, -0.2) is 0 Å². The van der Waals surface area contributed by atoms with Crippen LogP contribution >= 0.6 is 0 Å². The van der Waals surface area contributed by atoms with E-state index in [1.54, 1.807) is 31.4 Å². The highest BCUT2D eigenvalue weighted by molar-refractivity contribution is 6.27. The molecule has 0 saturated carbocycles. The van der Waals surface area contributed by atoms with E-state index in [9.17, 15) is 9.59 Å². The summed E-state index contributed by atoms with van der Waals surface area (Å²) in [6.07, 6.45) is 2.63. The van der Waals surface area contributed by atoms with Gasteiger partial charge in [-0.3, -0.25) is 9.59 Å². The van der Waals surface area contributed by atoms with E-state index < -0.39 is 0 Å². The van der Waals surface area contributed by atoms with E-state index in [0.717, 1.165) is 10.9 Å². The molecule has 0 radical (unpaired) electrons. The summed E-state index contributed by atoms with van der Waals surface area (Å²) in [5.74, 6) is 0.804. The summed E-state index contributed by atoms with van der Waals surface area (Å²) in [4.78, 5) is 24.5. The minimum absolute atomic E-state index is 0.163. The molecule has 0 atom stereocenters. The largest absolute Gasteiger partial charge is 0.493 e. The number of ether oxygens (including phenoxy) is 2. The summed E-state index contributed by atoms with van der Waals surface area (Å²) in [6, 6.07) is 16.9. The third kappa shape index (κ3) is 2.65. The number of ketones is 2. The average Bonchev–Trinajstić information content (AvgIpc) is 2.69. The molecule has 0 amide bonds. The van der Waals surface area contributed by atoms with Crippen LogP contribution in [0.15, 0.2) is 66.7 Å². The predicted molar refractivity (Wildman–Crippen MR) is 99.1 cm³/mol. The quantitative estimate of drug-likeness (QED) is 0.705. The van der Waals surface area contributed by atoms with Crippen molar-refractivity contribution in [3.05, 3.63) is 83.4 Å². The Balaban J connectivity index is 1.85. The molecule has 0 aromatic heterocycles.